The molecular formula is C60H68N4O8S2. The van der Waals surface area contributed by atoms with Crippen molar-refractivity contribution in [1.82, 2.24) is 0 Å². The van der Waals surface area contributed by atoms with E-state index in [2.05, 4.69) is 36.5 Å². The summed E-state index contributed by atoms with van der Waals surface area (Å²) in [6.07, 6.45) is 11.1. The minimum absolute atomic E-state index is 0.0236. The highest BCUT2D eigenvalue weighted by Crippen LogP contribution is 2.43. The van der Waals surface area contributed by atoms with E-state index in [1.54, 1.807) is 41.8 Å². The summed E-state index contributed by atoms with van der Waals surface area (Å²) in [5.41, 5.74) is 10.8. The Balaban J connectivity index is 0.868. The van der Waals surface area contributed by atoms with Crippen molar-refractivity contribution in [2.24, 2.45) is 5.16 Å². The van der Waals surface area contributed by atoms with Crippen molar-refractivity contribution in [1.29, 1.82) is 0 Å². The number of aryl methyl sites for hydroxylation is 3. The smallest absolute Gasteiger partial charge is 0.258 e. The summed E-state index contributed by atoms with van der Waals surface area (Å²) in [5.74, 6) is 2.78. The van der Waals surface area contributed by atoms with Gasteiger partial charge < -0.3 is 34.2 Å². The third-order valence-electron chi connectivity index (χ3n) is 14.5. The van der Waals surface area contributed by atoms with Gasteiger partial charge in [0.05, 0.1) is 7.11 Å². The molecule has 74 heavy (non-hydrogen) atoms. The molecule has 0 bridgehead atoms. The van der Waals surface area contributed by atoms with Gasteiger partial charge in [0.25, 0.3) is 11.8 Å². The van der Waals surface area contributed by atoms with Gasteiger partial charge in [-0.15, -0.1) is 0 Å². The van der Waals surface area contributed by atoms with Crippen LogP contribution in [0.1, 0.15) is 138 Å². The molecule has 4 heterocycles. The zero-order chi connectivity index (χ0) is 51.8. The summed E-state index contributed by atoms with van der Waals surface area (Å²) in [4.78, 5) is 63.4. The number of ether oxygens (including phenoxy) is 3. The van der Waals surface area contributed by atoms with Crippen LogP contribution in [-0.2, 0) is 53.3 Å². The maximum atomic E-state index is 14.2. The lowest BCUT2D eigenvalue weighted by Crippen LogP contribution is -2.36. The van der Waals surface area contributed by atoms with E-state index in [9.17, 15) is 19.2 Å². The number of rotatable bonds is 23. The van der Waals surface area contributed by atoms with Gasteiger partial charge in [0, 0.05) is 76.2 Å². The fourth-order valence-corrected chi connectivity index (χ4v) is 13.3. The van der Waals surface area contributed by atoms with Gasteiger partial charge in [-0.1, -0.05) is 63.1 Å². The summed E-state index contributed by atoms with van der Waals surface area (Å²) >= 11 is 0. The molecule has 9 rings (SSSR count). The number of fused-ring (bicyclic) bond motifs is 8. The summed E-state index contributed by atoms with van der Waals surface area (Å²) < 4.78 is 18.9. The third-order valence-corrected chi connectivity index (χ3v) is 17.9. The maximum absolute atomic E-state index is 14.2. The van der Waals surface area contributed by atoms with Gasteiger partial charge in [-0.05, 0) is 185 Å². The molecular weight excluding hydrogens is 969 g/mol. The molecule has 0 unspecified atom stereocenters. The summed E-state index contributed by atoms with van der Waals surface area (Å²) in [6, 6.07) is 30.3. The number of hydrogen-bond acceptors (Lipinski definition) is 11. The molecule has 1 N–H and O–H groups in total. The Morgan fingerprint density at radius 2 is 1.32 bits per heavy atom. The van der Waals surface area contributed by atoms with E-state index in [0.717, 1.165) is 108 Å². The topological polar surface area (TPSA) is 136 Å². The molecule has 0 fully saturated rings. The average molecular weight is 1040 g/mol. The Morgan fingerprint density at radius 1 is 0.730 bits per heavy atom. The molecule has 12 nitrogen and oxygen atoms in total. The van der Waals surface area contributed by atoms with Crippen molar-refractivity contribution in [3.8, 4) is 17.2 Å². The number of methoxy groups -OCH3 is 1. The van der Waals surface area contributed by atoms with Crippen LogP contribution in [0.5, 0.6) is 17.2 Å². The van der Waals surface area contributed by atoms with Crippen LogP contribution in [0.15, 0.2) is 96.2 Å². The molecule has 5 aromatic rings. The molecule has 0 spiro atoms. The highest BCUT2D eigenvalue weighted by Gasteiger charge is 2.39. The number of carbonyl (C=O) groups excluding carboxylic acids is 4. The van der Waals surface area contributed by atoms with Crippen LogP contribution < -0.4 is 29.3 Å². The van der Waals surface area contributed by atoms with Gasteiger partial charge in [-0.2, -0.15) is 0 Å². The molecule has 0 aliphatic carbocycles. The summed E-state index contributed by atoms with van der Waals surface area (Å²) in [5, 5.41) is 6.92. The van der Waals surface area contributed by atoms with E-state index in [-0.39, 0.29) is 53.5 Å². The van der Waals surface area contributed by atoms with Crippen molar-refractivity contribution >= 4 is 68.4 Å². The van der Waals surface area contributed by atoms with Gasteiger partial charge in [-0.25, -0.2) is 0 Å². The second-order valence-electron chi connectivity index (χ2n) is 20.5. The number of oxime groups is 1. The second kappa shape index (κ2) is 24.0. The fraction of sp³-hybridized carbons (Fsp3) is 0.417. The van der Waals surface area contributed by atoms with Crippen molar-refractivity contribution in [2.75, 3.05) is 34.6 Å². The van der Waals surface area contributed by atoms with Gasteiger partial charge in [0.2, 0.25) is 5.91 Å². The number of carbonyl (C=O) groups is 4. The Hall–Kier alpha value is -6.25. The van der Waals surface area contributed by atoms with Crippen molar-refractivity contribution in [3.05, 3.63) is 141 Å². The first-order valence-electron chi connectivity index (χ1n) is 26.2. The Labute approximate surface area is 443 Å². The van der Waals surface area contributed by atoms with Crippen LogP contribution in [0.2, 0.25) is 0 Å². The van der Waals surface area contributed by atoms with Crippen LogP contribution in [0.3, 0.4) is 0 Å². The molecule has 0 saturated carbocycles. The SMILES string of the molecule is CC=NOCCCCC(=O)CCCSSC(C)(C)CCC(=O)Nc1cc(COc2cc3c(cc2C)C(=O)N2c4ccccc4C[C@H]2CC3)cc(COc2cc3c(cc2OC)C(=O)N2c4ccccc4C[C@H]2CC3)c1. The van der Waals surface area contributed by atoms with Crippen molar-refractivity contribution in [3.63, 3.8) is 0 Å². The number of ketones is 1. The number of anilines is 3. The predicted molar refractivity (Wildman–Crippen MR) is 298 cm³/mol. The zero-order valence-electron chi connectivity index (χ0n) is 43.3. The van der Waals surface area contributed by atoms with Gasteiger partial charge in [-0.3, -0.25) is 19.2 Å². The number of nitrogens with one attached hydrogen (secondary N) is 1. The van der Waals surface area contributed by atoms with Gasteiger partial charge in [0.1, 0.15) is 31.4 Å². The monoisotopic (exact) mass is 1040 g/mol. The second-order valence-corrected chi connectivity index (χ2v) is 23.6. The molecule has 4 aliphatic rings. The first-order valence-corrected chi connectivity index (χ1v) is 28.5. The minimum atomic E-state index is -0.170. The van der Waals surface area contributed by atoms with Crippen LogP contribution in [0.25, 0.3) is 0 Å². The number of para-hydroxylation sites is 2. The van der Waals surface area contributed by atoms with Crippen LogP contribution in [0, 0.1) is 6.92 Å². The number of amides is 3. The molecule has 2 atom stereocenters. The number of unbranched alkanes of at least 4 members (excludes halogenated alkanes) is 1. The van der Waals surface area contributed by atoms with Crippen molar-refractivity contribution < 1.29 is 38.2 Å². The maximum Gasteiger partial charge on any atom is 0.258 e. The zero-order valence-corrected chi connectivity index (χ0v) is 45.0. The van der Waals surface area contributed by atoms with Crippen LogP contribution >= 0.6 is 21.6 Å². The minimum Gasteiger partial charge on any atom is -0.493 e. The molecule has 0 radical (unpaired) electrons. The number of nitrogens with zero attached hydrogens (tertiary/aromatic N) is 3. The van der Waals surface area contributed by atoms with E-state index in [1.807, 2.05) is 95.6 Å². The Bertz CT molecular complexity index is 2920. The quantitative estimate of drug-likeness (QED) is 0.0291. The first kappa shape index (κ1) is 52.6. The van der Waals surface area contributed by atoms with E-state index in [4.69, 9.17) is 19.0 Å². The highest BCUT2D eigenvalue weighted by atomic mass is 33.1. The molecule has 0 saturated heterocycles. The lowest BCUT2D eigenvalue weighted by atomic mass is 9.98. The number of Topliss-reactive ketones (excluding diaryl/α,β-unsaturated/α-hetero) is 1. The van der Waals surface area contributed by atoms with Crippen LogP contribution in [-0.4, -0.2) is 66.0 Å². The molecule has 3 amide bonds. The normalized spacial score (nSPS) is 16.6. The highest BCUT2D eigenvalue weighted by molar-refractivity contribution is 8.77. The van der Waals surface area contributed by atoms with E-state index >= 15 is 0 Å². The molecule has 388 valence electrons. The molecule has 4 aliphatic heterocycles. The van der Waals surface area contributed by atoms with Crippen molar-refractivity contribution in [2.45, 2.75) is 141 Å². The number of hydrogen-bond donors (Lipinski definition) is 1. The van der Waals surface area contributed by atoms with Crippen LogP contribution in [0.4, 0.5) is 17.1 Å². The third kappa shape index (κ3) is 12.5. The molecule has 5 aromatic carbocycles. The summed E-state index contributed by atoms with van der Waals surface area (Å²) in [6.45, 7) is 9.00. The average Bonchev–Trinajstić information content (AvgIpc) is 3.89. The predicted octanol–water partition coefficient (Wildman–Crippen LogP) is 12.6. The number of benzene rings is 5. The fourth-order valence-electron chi connectivity index (χ4n) is 10.7. The van der Waals surface area contributed by atoms with Gasteiger partial charge >= 0.3 is 0 Å². The standard InChI is InChI=1S/C60H68N4O8S2/c1-6-61-72-26-12-11-16-49(65)17-13-27-73-74-60(3,4)25-24-57(66)62-46-30-40(37-70-54-34-42-20-22-47-32-44-14-7-9-18-52(44)63(47)58(67)50(42)28-39(54)2)29-41(31-46)38-71-56-35-43-21-23-48-33-45-15-8-10-19-53(45)64(48)59(68)51(43)36-55(56)69-5/h6-10,14-15,18-19,28-31,34-36,47-48H,11-13,16-17,20-27,32-33,37-38H2,1-5H3,(H,62,66)/t47-,48-/m1/s1. The van der Waals surface area contributed by atoms with Gasteiger partial charge in [0.15, 0.2) is 11.5 Å². The summed E-state index contributed by atoms with van der Waals surface area (Å²) in [7, 11) is 5.10. The van der Waals surface area contributed by atoms with E-state index in [1.165, 1.54) is 11.1 Å². The Morgan fingerprint density at radius 3 is 1.96 bits per heavy atom. The largest absolute Gasteiger partial charge is 0.493 e. The lowest BCUT2D eigenvalue weighted by molar-refractivity contribution is -0.119. The lowest BCUT2D eigenvalue weighted by Gasteiger charge is -2.23. The van der Waals surface area contributed by atoms with E-state index < -0.39 is 0 Å². The van der Waals surface area contributed by atoms with E-state index in [0.29, 0.717) is 60.8 Å². The molecule has 0 aromatic heterocycles. The first-order chi connectivity index (χ1) is 35.9. The molecule has 14 heteroatoms. The Kier molecular flexibility index (Phi) is 17.0.